The van der Waals surface area contributed by atoms with Crippen LogP contribution >= 0.6 is 0 Å². The Morgan fingerprint density at radius 3 is 1.51 bits per heavy atom. The van der Waals surface area contributed by atoms with Crippen LogP contribution < -0.4 is 9.80 Å². The predicted octanol–water partition coefficient (Wildman–Crippen LogP) is 17.7. The molecule has 3 nitrogen and oxygen atoms in total. The summed E-state index contributed by atoms with van der Waals surface area (Å²) in [5, 5.41) is 2.50. The molecule has 328 valence electrons. The van der Waals surface area contributed by atoms with E-state index in [4.69, 9.17) is 0 Å². The average molecular weight is 892 g/mol. The molecule has 3 heteroatoms. The Balaban J connectivity index is 1.03. The second-order valence-corrected chi connectivity index (χ2v) is 18.4. The van der Waals surface area contributed by atoms with Crippen molar-refractivity contribution in [2.24, 2.45) is 0 Å². The van der Waals surface area contributed by atoms with Gasteiger partial charge in [0.1, 0.15) is 0 Å². The van der Waals surface area contributed by atoms with Crippen molar-refractivity contribution in [3.05, 3.63) is 295 Å². The molecule has 70 heavy (non-hydrogen) atoms. The van der Waals surface area contributed by atoms with E-state index in [0.29, 0.717) is 0 Å². The van der Waals surface area contributed by atoms with Gasteiger partial charge < -0.3 is 14.4 Å². The number of benzene rings is 11. The summed E-state index contributed by atoms with van der Waals surface area (Å²) in [7, 11) is 0. The number of para-hydroxylation sites is 6. The number of rotatable bonds is 7. The van der Waals surface area contributed by atoms with Gasteiger partial charge in [-0.1, -0.05) is 194 Å². The minimum atomic E-state index is -0.601. The molecule has 0 radical (unpaired) electrons. The molecule has 1 spiro atoms. The van der Waals surface area contributed by atoms with E-state index < -0.39 is 5.41 Å². The average Bonchev–Trinajstić information content (AvgIpc) is 3.93. The molecular weight excluding hydrogens is 847 g/mol. The van der Waals surface area contributed by atoms with Crippen molar-refractivity contribution in [3.8, 4) is 39.1 Å². The summed E-state index contributed by atoms with van der Waals surface area (Å²) in [4.78, 5) is 4.97. The van der Waals surface area contributed by atoms with Crippen molar-refractivity contribution in [1.29, 1.82) is 0 Å². The zero-order valence-electron chi connectivity index (χ0n) is 38.3. The molecule has 0 unspecified atom stereocenters. The highest BCUT2D eigenvalue weighted by atomic mass is 15.2. The molecule has 2 heterocycles. The lowest BCUT2D eigenvalue weighted by Crippen LogP contribution is -2.36. The molecule has 0 saturated carbocycles. The van der Waals surface area contributed by atoms with Crippen molar-refractivity contribution in [2.45, 2.75) is 5.41 Å². The molecule has 0 atom stereocenters. The van der Waals surface area contributed by atoms with E-state index in [1.807, 2.05) is 0 Å². The van der Waals surface area contributed by atoms with Gasteiger partial charge in [-0.3, -0.25) is 0 Å². The van der Waals surface area contributed by atoms with Crippen LogP contribution in [0.1, 0.15) is 22.3 Å². The molecule has 1 aromatic heterocycles. The van der Waals surface area contributed by atoms with Crippen LogP contribution in [-0.4, -0.2) is 4.57 Å². The highest BCUT2D eigenvalue weighted by Gasteiger charge is 2.52. The quantitative estimate of drug-likeness (QED) is 0.158. The van der Waals surface area contributed by atoms with Crippen LogP contribution in [0.2, 0.25) is 0 Å². The molecule has 11 aromatic carbocycles. The van der Waals surface area contributed by atoms with Gasteiger partial charge in [-0.25, -0.2) is 0 Å². The standard InChI is InChI=1S/C67H45N3/c1-3-21-46(22-4-1)47-23-19-24-48(45-47)52-27-8-14-35-60(52)69(51-43-41-50(42-44-51)68-61-36-15-9-28-53(61)54-29-10-16-37-62(54)68)65-40-20-34-59-66(65)55-30-7-11-31-56(55)67(59)57-32-12-17-38-63(57)70(49-25-5-2-6-26-49)64-39-18-13-33-58(64)67/h1-45H. The van der Waals surface area contributed by atoms with Crippen LogP contribution in [0.5, 0.6) is 0 Å². The third-order valence-corrected chi connectivity index (χ3v) is 14.8. The molecule has 12 aromatic rings. The maximum Gasteiger partial charge on any atom is 0.0755 e. The molecular formula is C67H45N3. The maximum atomic E-state index is 2.52. The molecule has 0 N–H and O–H groups in total. The molecule has 0 saturated heterocycles. The Kier molecular flexibility index (Phi) is 9.11. The summed E-state index contributed by atoms with van der Waals surface area (Å²) >= 11 is 0. The summed E-state index contributed by atoms with van der Waals surface area (Å²) in [5.74, 6) is 0. The zero-order chi connectivity index (χ0) is 46.2. The van der Waals surface area contributed by atoms with E-state index in [2.05, 4.69) is 287 Å². The second kappa shape index (κ2) is 16.0. The number of anilines is 6. The Morgan fingerprint density at radius 1 is 0.314 bits per heavy atom. The van der Waals surface area contributed by atoms with Gasteiger partial charge in [0.05, 0.1) is 39.2 Å². The van der Waals surface area contributed by atoms with Crippen molar-refractivity contribution < 1.29 is 0 Å². The van der Waals surface area contributed by atoms with E-state index in [-0.39, 0.29) is 0 Å². The summed E-state index contributed by atoms with van der Waals surface area (Å²) in [5.41, 5.74) is 21.9. The molecule has 0 bridgehead atoms. The predicted molar refractivity (Wildman–Crippen MR) is 292 cm³/mol. The minimum Gasteiger partial charge on any atom is -0.310 e. The highest BCUT2D eigenvalue weighted by Crippen LogP contribution is 2.65. The van der Waals surface area contributed by atoms with Gasteiger partial charge >= 0.3 is 0 Å². The van der Waals surface area contributed by atoms with Crippen LogP contribution in [0.25, 0.3) is 60.9 Å². The highest BCUT2D eigenvalue weighted by molar-refractivity contribution is 6.09. The van der Waals surface area contributed by atoms with E-state index >= 15 is 0 Å². The van der Waals surface area contributed by atoms with Crippen LogP contribution in [0.4, 0.5) is 34.1 Å². The van der Waals surface area contributed by atoms with E-state index in [9.17, 15) is 0 Å². The number of nitrogens with zero attached hydrogens (tertiary/aromatic N) is 3. The molecule has 2 aliphatic rings. The number of fused-ring (bicyclic) bond motifs is 12. The first-order valence-electron chi connectivity index (χ1n) is 24.2. The Bertz CT molecular complexity index is 3860. The molecule has 1 aliphatic carbocycles. The van der Waals surface area contributed by atoms with Crippen molar-refractivity contribution in [3.63, 3.8) is 0 Å². The number of hydrogen-bond acceptors (Lipinski definition) is 2. The zero-order valence-corrected chi connectivity index (χ0v) is 38.3. The third kappa shape index (κ3) is 5.88. The fourth-order valence-corrected chi connectivity index (χ4v) is 11.9. The van der Waals surface area contributed by atoms with Gasteiger partial charge in [0.15, 0.2) is 0 Å². The first-order valence-corrected chi connectivity index (χ1v) is 24.2. The van der Waals surface area contributed by atoms with Crippen molar-refractivity contribution in [1.82, 2.24) is 4.57 Å². The maximum absolute atomic E-state index is 2.52. The van der Waals surface area contributed by atoms with Gasteiger partial charge in [-0.2, -0.15) is 0 Å². The molecule has 1 aliphatic heterocycles. The van der Waals surface area contributed by atoms with Crippen molar-refractivity contribution in [2.75, 3.05) is 9.80 Å². The fraction of sp³-hybridized carbons (Fsp3) is 0.0149. The monoisotopic (exact) mass is 891 g/mol. The summed E-state index contributed by atoms with van der Waals surface area (Å²) in [6.45, 7) is 0. The van der Waals surface area contributed by atoms with Gasteiger partial charge in [-0.05, 0) is 123 Å². The smallest absolute Gasteiger partial charge is 0.0755 e. The fourth-order valence-electron chi connectivity index (χ4n) is 11.9. The molecule has 14 rings (SSSR count). The minimum absolute atomic E-state index is 0.601. The lowest BCUT2D eigenvalue weighted by Gasteiger charge is -2.45. The summed E-state index contributed by atoms with van der Waals surface area (Å²) in [6.07, 6.45) is 0. The normalized spacial score (nSPS) is 12.9. The van der Waals surface area contributed by atoms with Gasteiger partial charge in [-0.15, -0.1) is 0 Å². The Labute approximate surface area is 408 Å². The van der Waals surface area contributed by atoms with Crippen LogP contribution in [-0.2, 0) is 5.41 Å². The number of aromatic nitrogens is 1. The second-order valence-electron chi connectivity index (χ2n) is 18.4. The lowest BCUT2D eigenvalue weighted by molar-refractivity contribution is 0.752. The largest absolute Gasteiger partial charge is 0.310 e. The van der Waals surface area contributed by atoms with Crippen molar-refractivity contribution >= 4 is 55.9 Å². The van der Waals surface area contributed by atoms with Gasteiger partial charge in [0.2, 0.25) is 0 Å². The Morgan fingerprint density at radius 2 is 0.814 bits per heavy atom. The lowest BCUT2D eigenvalue weighted by atomic mass is 9.64. The van der Waals surface area contributed by atoms with E-state index in [0.717, 1.165) is 39.6 Å². The van der Waals surface area contributed by atoms with E-state index in [1.165, 1.54) is 77.7 Å². The van der Waals surface area contributed by atoms with Gasteiger partial charge in [0.25, 0.3) is 0 Å². The Hall–Kier alpha value is -9.18. The third-order valence-electron chi connectivity index (χ3n) is 14.8. The first-order chi connectivity index (χ1) is 34.8. The summed E-state index contributed by atoms with van der Waals surface area (Å²) in [6, 6.07) is 100. The van der Waals surface area contributed by atoms with Gasteiger partial charge in [0, 0.05) is 39.0 Å². The number of hydrogen-bond donors (Lipinski definition) is 0. The van der Waals surface area contributed by atoms with Crippen LogP contribution in [0.3, 0.4) is 0 Å². The van der Waals surface area contributed by atoms with Crippen LogP contribution in [0, 0.1) is 0 Å². The van der Waals surface area contributed by atoms with E-state index in [1.54, 1.807) is 0 Å². The van der Waals surface area contributed by atoms with Crippen LogP contribution in [0.15, 0.2) is 273 Å². The molecule has 0 amide bonds. The topological polar surface area (TPSA) is 11.4 Å². The SMILES string of the molecule is c1ccc(-c2cccc(-c3ccccc3N(c3ccc(-n4c5ccccc5c5ccccc54)cc3)c3cccc4c3-c3ccccc3C43c4ccccc4N(c4ccccc4)c4ccccc43)c2)cc1. The first kappa shape index (κ1) is 39.9. The molecule has 0 fully saturated rings. The summed E-state index contributed by atoms with van der Waals surface area (Å²) < 4.78 is 2.40.